The second-order valence-corrected chi connectivity index (χ2v) is 6.91. The van der Waals surface area contributed by atoms with Gasteiger partial charge < -0.3 is 10.6 Å². The number of nitrogens with two attached hydrogens (primary N) is 1. The minimum absolute atomic E-state index is 0.0133. The molecule has 2 aromatic carbocycles. The van der Waals surface area contributed by atoms with Crippen molar-refractivity contribution in [3.63, 3.8) is 0 Å². The average molecular weight is 397 g/mol. The third-order valence-corrected chi connectivity index (χ3v) is 4.67. The SMILES string of the molecule is C[C@H](NC(=O)C[NH2+][C@@H](C)c1ccccc1Cl)c1ccc(Br)cc1. The molecule has 0 saturated heterocycles. The van der Waals surface area contributed by atoms with Gasteiger partial charge in [-0.25, -0.2) is 0 Å². The van der Waals surface area contributed by atoms with Gasteiger partial charge >= 0.3 is 0 Å². The lowest BCUT2D eigenvalue weighted by Crippen LogP contribution is -2.87. The van der Waals surface area contributed by atoms with Gasteiger partial charge in [-0.05, 0) is 37.6 Å². The van der Waals surface area contributed by atoms with Crippen LogP contribution < -0.4 is 10.6 Å². The fourth-order valence-electron chi connectivity index (χ4n) is 2.39. The standard InChI is InChI=1S/C18H20BrClN2O/c1-12(14-7-9-15(19)10-8-14)22-18(23)11-21-13(2)16-5-3-4-6-17(16)20/h3-10,12-13,21H,11H2,1-2H3,(H,22,23)/p+1/t12-,13-/m0/s1. The molecule has 0 aliphatic heterocycles. The van der Waals surface area contributed by atoms with E-state index < -0.39 is 0 Å². The molecule has 2 aromatic rings. The van der Waals surface area contributed by atoms with Crippen LogP contribution in [0.1, 0.15) is 37.1 Å². The predicted octanol–water partition coefficient (Wildman–Crippen LogP) is 3.60. The Morgan fingerprint density at radius 2 is 1.83 bits per heavy atom. The van der Waals surface area contributed by atoms with Gasteiger partial charge in [0, 0.05) is 15.1 Å². The molecule has 3 N–H and O–H groups in total. The normalized spacial score (nSPS) is 13.4. The number of halogens is 2. The molecule has 23 heavy (non-hydrogen) atoms. The Hall–Kier alpha value is -1.36. The van der Waals surface area contributed by atoms with Crippen molar-refractivity contribution in [2.24, 2.45) is 0 Å². The van der Waals surface area contributed by atoms with Gasteiger partial charge in [-0.15, -0.1) is 0 Å². The highest BCUT2D eigenvalue weighted by molar-refractivity contribution is 9.10. The van der Waals surface area contributed by atoms with Gasteiger partial charge in [0.1, 0.15) is 6.04 Å². The molecule has 0 bridgehead atoms. The minimum atomic E-state index is -0.0142. The highest BCUT2D eigenvalue weighted by atomic mass is 79.9. The van der Waals surface area contributed by atoms with Gasteiger partial charge in [0.05, 0.1) is 6.04 Å². The molecule has 0 radical (unpaired) electrons. The monoisotopic (exact) mass is 395 g/mol. The Morgan fingerprint density at radius 1 is 1.17 bits per heavy atom. The van der Waals surface area contributed by atoms with Gasteiger partial charge in [-0.2, -0.15) is 0 Å². The number of carbonyl (C=O) groups is 1. The molecular formula is C18H21BrClN2O+. The first-order chi connectivity index (χ1) is 11.0. The van der Waals surface area contributed by atoms with Crippen LogP contribution in [0.2, 0.25) is 5.02 Å². The predicted molar refractivity (Wildman–Crippen MR) is 97.4 cm³/mol. The maximum Gasteiger partial charge on any atom is 0.275 e. The molecule has 0 unspecified atom stereocenters. The number of benzene rings is 2. The molecule has 0 heterocycles. The number of hydrogen-bond acceptors (Lipinski definition) is 1. The van der Waals surface area contributed by atoms with Crippen LogP contribution in [-0.4, -0.2) is 12.5 Å². The number of hydrogen-bond donors (Lipinski definition) is 2. The van der Waals surface area contributed by atoms with Crippen LogP contribution >= 0.6 is 27.5 Å². The molecule has 2 rings (SSSR count). The summed E-state index contributed by atoms with van der Waals surface area (Å²) in [5, 5.41) is 5.75. The van der Waals surface area contributed by atoms with Crippen molar-refractivity contribution in [2.75, 3.05) is 6.54 Å². The van der Waals surface area contributed by atoms with E-state index in [1.165, 1.54) is 0 Å². The first-order valence-electron chi connectivity index (χ1n) is 7.60. The van der Waals surface area contributed by atoms with Crippen molar-refractivity contribution in [1.82, 2.24) is 5.32 Å². The number of carbonyl (C=O) groups excluding carboxylic acids is 1. The van der Waals surface area contributed by atoms with E-state index in [2.05, 4.69) is 21.2 Å². The van der Waals surface area contributed by atoms with Crippen LogP contribution in [0.5, 0.6) is 0 Å². The van der Waals surface area contributed by atoms with Crippen LogP contribution in [0.4, 0.5) is 0 Å². The van der Waals surface area contributed by atoms with E-state index in [9.17, 15) is 4.79 Å². The van der Waals surface area contributed by atoms with Gasteiger partial charge in [-0.3, -0.25) is 4.79 Å². The van der Waals surface area contributed by atoms with Crippen molar-refractivity contribution in [3.05, 3.63) is 69.2 Å². The summed E-state index contributed by atoms with van der Waals surface area (Å²) in [6.45, 7) is 4.40. The zero-order chi connectivity index (χ0) is 16.8. The molecule has 0 aromatic heterocycles. The molecule has 0 aliphatic rings. The smallest absolute Gasteiger partial charge is 0.275 e. The highest BCUT2D eigenvalue weighted by Gasteiger charge is 2.15. The summed E-state index contributed by atoms with van der Waals surface area (Å²) in [6.07, 6.45) is 0. The summed E-state index contributed by atoms with van der Waals surface area (Å²) in [5.74, 6) is 0.0133. The van der Waals surface area contributed by atoms with Gasteiger partial charge in [0.2, 0.25) is 0 Å². The van der Waals surface area contributed by atoms with Crippen LogP contribution in [0.25, 0.3) is 0 Å². The first-order valence-corrected chi connectivity index (χ1v) is 8.77. The third-order valence-electron chi connectivity index (χ3n) is 3.80. The van der Waals surface area contributed by atoms with Crippen molar-refractivity contribution in [1.29, 1.82) is 0 Å². The van der Waals surface area contributed by atoms with Gasteiger partial charge in [0.15, 0.2) is 6.54 Å². The van der Waals surface area contributed by atoms with E-state index in [-0.39, 0.29) is 18.0 Å². The fraction of sp³-hybridized carbons (Fsp3) is 0.278. The fourth-order valence-corrected chi connectivity index (χ4v) is 2.96. The zero-order valence-electron chi connectivity index (χ0n) is 13.2. The third kappa shape index (κ3) is 5.34. The highest BCUT2D eigenvalue weighted by Crippen LogP contribution is 2.19. The Kier molecular flexibility index (Phi) is 6.63. The Bertz CT molecular complexity index is 660. The topological polar surface area (TPSA) is 45.7 Å². The summed E-state index contributed by atoms with van der Waals surface area (Å²) >= 11 is 9.60. The molecule has 0 saturated carbocycles. The molecule has 0 fully saturated rings. The zero-order valence-corrected chi connectivity index (χ0v) is 15.6. The largest absolute Gasteiger partial charge is 0.345 e. The summed E-state index contributed by atoms with van der Waals surface area (Å²) in [7, 11) is 0. The molecule has 0 spiro atoms. The maximum absolute atomic E-state index is 12.1. The summed E-state index contributed by atoms with van der Waals surface area (Å²) in [4.78, 5) is 12.1. The Labute approximate surface area is 150 Å². The van der Waals surface area contributed by atoms with Crippen LogP contribution in [-0.2, 0) is 4.79 Å². The lowest BCUT2D eigenvalue weighted by Gasteiger charge is -2.16. The van der Waals surface area contributed by atoms with Crippen LogP contribution in [0.3, 0.4) is 0 Å². The molecule has 122 valence electrons. The number of amides is 1. The van der Waals surface area contributed by atoms with Crippen molar-refractivity contribution in [2.45, 2.75) is 25.9 Å². The maximum atomic E-state index is 12.1. The van der Waals surface area contributed by atoms with E-state index >= 15 is 0 Å². The lowest BCUT2D eigenvalue weighted by molar-refractivity contribution is -0.682. The summed E-state index contributed by atoms with van der Waals surface area (Å²) in [5.41, 5.74) is 2.13. The summed E-state index contributed by atoms with van der Waals surface area (Å²) < 4.78 is 1.03. The van der Waals surface area contributed by atoms with E-state index in [0.29, 0.717) is 6.54 Å². The van der Waals surface area contributed by atoms with E-state index in [1.807, 2.05) is 67.7 Å². The van der Waals surface area contributed by atoms with E-state index in [0.717, 1.165) is 20.6 Å². The van der Waals surface area contributed by atoms with E-state index in [1.54, 1.807) is 0 Å². The quantitative estimate of drug-likeness (QED) is 0.770. The van der Waals surface area contributed by atoms with Crippen molar-refractivity contribution < 1.29 is 10.1 Å². The van der Waals surface area contributed by atoms with Gasteiger partial charge in [-0.1, -0.05) is 57.9 Å². The minimum Gasteiger partial charge on any atom is -0.345 e. The van der Waals surface area contributed by atoms with Gasteiger partial charge in [0.25, 0.3) is 5.91 Å². The van der Waals surface area contributed by atoms with Crippen molar-refractivity contribution >= 4 is 33.4 Å². The Balaban J connectivity index is 1.85. The summed E-state index contributed by atoms with van der Waals surface area (Å²) in [6, 6.07) is 15.8. The lowest BCUT2D eigenvalue weighted by atomic mass is 10.1. The number of nitrogens with one attached hydrogen (secondary N) is 1. The molecular weight excluding hydrogens is 376 g/mol. The molecule has 1 amide bonds. The van der Waals surface area contributed by atoms with Crippen LogP contribution in [0, 0.1) is 0 Å². The number of rotatable bonds is 6. The molecule has 0 aliphatic carbocycles. The van der Waals surface area contributed by atoms with E-state index in [4.69, 9.17) is 11.6 Å². The molecule has 2 atom stereocenters. The van der Waals surface area contributed by atoms with Crippen molar-refractivity contribution in [3.8, 4) is 0 Å². The second kappa shape index (κ2) is 8.48. The Morgan fingerprint density at radius 3 is 2.48 bits per heavy atom. The van der Waals surface area contributed by atoms with Crippen LogP contribution in [0.15, 0.2) is 53.0 Å². The molecule has 5 heteroatoms. The first kappa shape index (κ1) is 18.0. The average Bonchev–Trinajstić information content (AvgIpc) is 2.53. The number of quaternary nitrogens is 1. The second-order valence-electron chi connectivity index (χ2n) is 5.59. The molecule has 3 nitrogen and oxygen atoms in total.